The fourth-order valence-electron chi connectivity index (χ4n) is 14.2. The number of pyridine rings is 1. The van der Waals surface area contributed by atoms with Gasteiger partial charge in [0.25, 0.3) is 0 Å². The van der Waals surface area contributed by atoms with E-state index in [2.05, 4.69) is 53.3 Å². The van der Waals surface area contributed by atoms with Gasteiger partial charge in [0, 0.05) is 93.1 Å². The molecule has 6 aromatic rings. The maximum absolute atomic E-state index is 17.2. The highest BCUT2D eigenvalue weighted by molar-refractivity contribution is 6.03. The van der Waals surface area contributed by atoms with Crippen LogP contribution in [0.2, 0.25) is 0 Å². The second-order valence-electron chi connectivity index (χ2n) is 24.0. The third-order valence-corrected chi connectivity index (χ3v) is 18.8. The van der Waals surface area contributed by atoms with Gasteiger partial charge in [0.2, 0.25) is 11.8 Å². The number of hydrogen-bond donors (Lipinski definition) is 3. The Hall–Kier alpha value is -6.68. The number of aromatic nitrogens is 5. The minimum Gasteiger partial charge on any atom is -0.508 e. The first-order chi connectivity index (χ1) is 37.9. The Labute approximate surface area is 452 Å². The lowest BCUT2D eigenvalue weighted by Crippen LogP contribution is -2.51. The molecule has 16 nitrogen and oxygen atoms in total. The Kier molecular flexibility index (Phi) is 13.4. The van der Waals surface area contributed by atoms with Crippen molar-refractivity contribution in [3.05, 3.63) is 76.3 Å². The number of rotatable bonds is 13. The van der Waals surface area contributed by atoms with Gasteiger partial charge in [-0.3, -0.25) is 29.0 Å². The summed E-state index contributed by atoms with van der Waals surface area (Å²) in [6.45, 7) is 10.5. The van der Waals surface area contributed by atoms with Crippen molar-refractivity contribution in [1.29, 1.82) is 0 Å². The number of likely N-dealkylation sites (tertiary alicyclic amines) is 2. The molecular formula is C60H69F2N11O5. The summed E-state index contributed by atoms with van der Waals surface area (Å²) < 4.78 is 42.0. The predicted molar refractivity (Wildman–Crippen MR) is 296 cm³/mol. The van der Waals surface area contributed by atoms with Crippen molar-refractivity contribution in [3.63, 3.8) is 0 Å². The zero-order valence-corrected chi connectivity index (χ0v) is 44.5. The zero-order chi connectivity index (χ0) is 53.4. The number of anilines is 2. The van der Waals surface area contributed by atoms with E-state index in [1.807, 2.05) is 6.07 Å². The number of phenolic OH excluding ortho intramolecular Hbond substituents is 1. The summed E-state index contributed by atoms with van der Waals surface area (Å²) in [7, 11) is 1.75. The van der Waals surface area contributed by atoms with E-state index in [1.54, 1.807) is 22.4 Å². The maximum Gasteiger partial charge on any atom is 0.329 e. The topological polar surface area (TPSA) is 166 Å². The number of aryl methyl sites for hydroxylation is 1. The molecule has 3 unspecified atom stereocenters. The number of terminal acetylenes is 1. The van der Waals surface area contributed by atoms with Crippen LogP contribution in [0.25, 0.3) is 44.0 Å². The number of imide groups is 1. The number of piperidine rings is 4. The molecule has 1 saturated carbocycles. The minimum atomic E-state index is -0.715. The first-order valence-corrected chi connectivity index (χ1v) is 28.5. The number of nitrogens with zero attached hydrogens (tertiary/aromatic N) is 9. The van der Waals surface area contributed by atoms with Gasteiger partial charge in [-0.25, -0.2) is 13.6 Å². The van der Waals surface area contributed by atoms with Crippen LogP contribution >= 0.6 is 0 Å². The Bertz CT molecular complexity index is 3430. The van der Waals surface area contributed by atoms with Gasteiger partial charge in [-0.05, 0) is 163 Å². The first kappa shape index (κ1) is 50.8. The molecule has 13 rings (SSSR count). The number of amides is 2. The van der Waals surface area contributed by atoms with E-state index in [0.717, 1.165) is 119 Å². The lowest BCUT2D eigenvalue weighted by Gasteiger charge is -2.40. The van der Waals surface area contributed by atoms with Gasteiger partial charge in [-0.15, -0.1) is 6.42 Å². The lowest BCUT2D eigenvalue weighted by molar-refractivity contribution is -0.135. The van der Waals surface area contributed by atoms with Crippen LogP contribution in [0.15, 0.2) is 53.5 Å². The van der Waals surface area contributed by atoms with Crippen LogP contribution in [0.4, 0.5) is 20.3 Å². The minimum absolute atomic E-state index is 0.00919. The van der Waals surface area contributed by atoms with Crippen LogP contribution < -0.4 is 30.9 Å². The largest absolute Gasteiger partial charge is 0.508 e. The Morgan fingerprint density at radius 2 is 1.54 bits per heavy atom. The van der Waals surface area contributed by atoms with E-state index in [4.69, 9.17) is 21.1 Å². The molecule has 7 aliphatic rings. The lowest BCUT2D eigenvalue weighted by atomic mass is 9.82. The Morgan fingerprint density at radius 3 is 2.24 bits per heavy atom. The quantitative estimate of drug-likeness (QED) is 0.0782. The number of imidazole rings is 1. The summed E-state index contributed by atoms with van der Waals surface area (Å²) in [6, 6.07) is 11.8. The molecule has 6 saturated heterocycles. The van der Waals surface area contributed by atoms with Crippen LogP contribution in [-0.2, 0) is 16.6 Å². The number of carbonyl (C=O) groups is 2. The summed E-state index contributed by atoms with van der Waals surface area (Å²) in [5.74, 6) is 3.04. The van der Waals surface area contributed by atoms with Crippen molar-refractivity contribution in [2.45, 2.75) is 102 Å². The van der Waals surface area contributed by atoms with E-state index in [-0.39, 0.29) is 57.5 Å². The number of ether oxygens (including phenoxy) is 1. The summed E-state index contributed by atoms with van der Waals surface area (Å²) in [5, 5.41) is 18.0. The molecule has 2 amide bonds. The summed E-state index contributed by atoms with van der Waals surface area (Å²) in [4.78, 5) is 62.1. The second-order valence-corrected chi connectivity index (χ2v) is 24.0. The van der Waals surface area contributed by atoms with Crippen molar-refractivity contribution >= 4 is 56.0 Å². The number of benzene rings is 3. The zero-order valence-electron chi connectivity index (χ0n) is 44.5. The molecule has 408 valence electrons. The van der Waals surface area contributed by atoms with E-state index in [0.29, 0.717) is 53.0 Å². The number of halogens is 2. The van der Waals surface area contributed by atoms with Gasteiger partial charge in [0.15, 0.2) is 5.82 Å². The highest BCUT2D eigenvalue weighted by Crippen LogP contribution is 2.48. The van der Waals surface area contributed by atoms with Crippen LogP contribution in [-0.4, -0.2) is 135 Å². The summed E-state index contributed by atoms with van der Waals surface area (Å²) in [5.41, 5.74) is 2.48. The Morgan fingerprint density at radius 1 is 0.821 bits per heavy atom. The first-order valence-electron chi connectivity index (χ1n) is 28.5. The van der Waals surface area contributed by atoms with Crippen LogP contribution in [0.5, 0.6) is 11.8 Å². The van der Waals surface area contributed by atoms with Crippen LogP contribution in [0.3, 0.4) is 0 Å². The van der Waals surface area contributed by atoms with Gasteiger partial charge in [-0.1, -0.05) is 12.0 Å². The second kappa shape index (κ2) is 20.5. The standard InChI is InChI=1S/C60H69F2N11O5/c1-3-44-47(61)8-4-39-27-43(74)29-45(52(39)44)54-53(62)55-46(30-63-54)56(72-32-40-5-6-41(33-72)64-40)67-58(66-55)78-35-60(18-19-60)34-70-22-14-37(15-23-70)26-36-12-20-69(21-13-36)31-38-16-24-71(25-17-38)42-7-9-48-50(28-42)68(2)59(77)73(48)49-10-11-51(75)65-57(49)76/h1,4,7-9,27-30,36-38,40-41,49,64,74H,5-6,10-26,31-35H2,2H3,(H,65,75,76). The number of nitrogens with one attached hydrogen (secondary N) is 2. The number of aromatic hydroxyl groups is 1. The van der Waals surface area contributed by atoms with Crippen molar-refractivity contribution in [2.24, 2.45) is 30.2 Å². The SMILES string of the molecule is C#Cc1c(F)ccc2cc(O)cc(-c3ncc4c(N5CC6CCC(C5)N6)nc(OCC5(CN6CCC(CC7CCN(CC8CCN(c9ccc%10c(c9)n(C)c(=O)n%10C9CCC(=O)NC9=O)CC8)CC7)CC6)CC5)nc4c3F)c12. The highest BCUT2D eigenvalue weighted by Gasteiger charge is 2.46. The monoisotopic (exact) mass is 1060 g/mol. The average Bonchev–Trinajstić information content (AvgIpc) is 4.21. The summed E-state index contributed by atoms with van der Waals surface area (Å²) in [6.07, 6.45) is 20.7. The molecule has 3 atom stereocenters. The van der Waals surface area contributed by atoms with Gasteiger partial charge in [-0.2, -0.15) is 9.97 Å². The van der Waals surface area contributed by atoms with Crippen molar-refractivity contribution in [1.82, 2.24) is 44.5 Å². The number of phenols is 1. The molecule has 0 spiro atoms. The molecule has 18 heteroatoms. The van der Waals surface area contributed by atoms with E-state index < -0.39 is 23.6 Å². The molecule has 0 radical (unpaired) electrons. The molecule has 6 aliphatic heterocycles. The molecule has 3 aromatic heterocycles. The van der Waals surface area contributed by atoms with E-state index >= 15 is 8.78 Å². The van der Waals surface area contributed by atoms with Crippen molar-refractivity contribution < 1.29 is 28.2 Å². The smallest absolute Gasteiger partial charge is 0.329 e. The summed E-state index contributed by atoms with van der Waals surface area (Å²) >= 11 is 0. The molecule has 1 aliphatic carbocycles. The molecule has 7 fully saturated rings. The third kappa shape index (κ3) is 9.73. The van der Waals surface area contributed by atoms with E-state index in [9.17, 15) is 19.5 Å². The fourth-order valence-corrected chi connectivity index (χ4v) is 14.2. The Balaban J connectivity index is 0.598. The third-order valence-electron chi connectivity index (χ3n) is 18.8. The number of hydrogen-bond acceptors (Lipinski definition) is 13. The maximum atomic E-state index is 17.2. The van der Waals surface area contributed by atoms with Gasteiger partial charge in [0.05, 0.1) is 28.6 Å². The van der Waals surface area contributed by atoms with Gasteiger partial charge < -0.3 is 34.8 Å². The van der Waals surface area contributed by atoms with E-state index in [1.165, 1.54) is 69.5 Å². The van der Waals surface area contributed by atoms with Crippen molar-refractivity contribution in [2.75, 3.05) is 81.9 Å². The average molecular weight is 1060 g/mol. The number of piperazine rings is 1. The molecular weight excluding hydrogens is 993 g/mol. The normalized spacial score (nSPS) is 23.6. The van der Waals surface area contributed by atoms with Crippen LogP contribution in [0, 0.1) is 47.1 Å². The molecule has 2 bridgehead atoms. The predicted octanol–water partition coefficient (Wildman–Crippen LogP) is 7.27. The van der Waals surface area contributed by atoms with Gasteiger partial charge in [0.1, 0.15) is 34.6 Å². The number of carbonyl (C=O) groups excluding carboxylic acids is 2. The molecule has 9 heterocycles. The molecule has 3 N–H and O–H groups in total. The highest BCUT2D eigenvalue weighted by atomic mass is 19.1. The molecule has 3 aromatic carbocycles. The van der Waals surface area contributed by atoms with Crippen LogP contribution in [0.1, 0.15) is 95.1 Å². The number of fused-ring (bicyclic) bond motifs is 5. The van der Waals surface area contributed by atoms with Gasteiger partial charge >= 0.3 is 11.7 Å². The fraction of sp³-hybridized carbons (Fsp3) is 0.533. The van der Waals surface area contributed by atoms with Crippen molar-refractivity contribution in [3.8, 4) is 35.4 Å². The molecule has 78 heavy (non-hydrogen) atoms.